The molecule has 33 heteroatoms. The first-order valence-electron chi connectivity index (χ1n) is 12.8. The number of nitrogens with two attached hydrogens (primary N) is 2. The summed E-state index contributed by atoms with van der Waals surface area (Å²) in [5, 5.41) is 43.8. The van der Waals surface area contributed by atoms with Crippen LogP contribution in [0.15, 0.2) is 88.6 Å². The number of sulfone groups is 2. The first-order chi connectivity index (χ1) is 23.8. The van der Waals surface area contributed by atoms with Crippen molar-refractivity contribution in [2.45, 2.75) is 19.6 Å². The minimum atomic E-state index is -5.44. The van der Waals surface area contributed by atoms with E-state index in [-0.39, 0.29) is 141 Å². The standard InChI is InChI=1S/C22H24N6O18S5.4Na/c23-20-17(27-26-16-6-5-15(11-18(16)50(35,36)37)49(33,34)10-8-42-47-46-44-30)12-19(51(38,39)40)21(24)22(20)28-25-13-1-3-14(4-2-13)48(31,32)9-7-41-45-43-29;;;;/h1-6,11-12,29-30H,7-10,23-24H2,(H,35,36,37)(H,38,39,40);;;;/q;4*+1/p-4. The molecule has 280 valence electrons. The Bertz CT molecular complexity index is 2240. The predicted octanol–water partition coefficient (Wildman–Crippen LogP) is -12.0. The molecule has 0 aromatic heterocycles. The quantitative estimate of drug-likeness (QED) is 0.0165. The van der Waals surface area contributed by atoms with E-state index in [2.05, 4.69) is 49.0 Å². The van der Waals surface area contributed by atoms with E-state index in [1.807, 2.05) is 0 Å². The van der Waals surface area contributed by atoms with Crippen LogP contribution >= 0.6 is 12.3 Å². The molecule has 0 amide bonds. The zero-order chi connectivity index (χ0) is 38.0. The maximum atomic E-state index is 12.6. The number of hydrogen-bond donors (Lipinski definition) is 2. The molecule has 24 nitrogen and oxygen atoms in total. The summed E-state index contributed by atoms with van der Waals surface area (Å²) in [5.41, 5.74) is 8.44. The van der Waals surface area contributed by atoms with Crippen LogP contribution in [0.2, 0.25) is 0 Å². The predicted molar refractivity (Wildman–Crippen MR) is 160 cm³/mol. The summed E-state index contributed by atoms with van der Waals surface area (Å²) in [5.74, 6) is -1.39. The zero-order valence-corrected chi connectivity index (χ0v) is 40.9. The SMILES string of the molecule is Nc1c(N=Nc2ccc(S(=O)(=O)CCOSOO[O-])cc2S(=O)(=O)[O-])cc(S(=O)(=O)[O-])c(N)c1N=Nc1ccc(S(=O)(=O)CCOOO[O-])cc1.[Na+].[Na+].[Na+].[Na+]. The fraction of sp³-hybridized carbons (Fsp3) is 0.182. The van der Waals surface area contributed by atoms with E-state index in [0.717, 1.165) is 36.4 Å². The van der Waals surface area contributed by atoms with Gasteiger partial charge in [0.25, 0.3) is 0 Å². The second-order valence-corrected chi connectivity index (χ2v) is 16.5. The van der Waals surface area contributed by atoms with Gasteiger partial charge in [-0.3, -0.25) is 14.3 Å². The number of nitrogens with zero attached hydrogens (tertiary/aromatic N) is 4. The molecule has 0 atom stereocenters. The summed E-state index contributed by atoms with van der Waals surface area (Å²) in [4.78, 5) is 1.01. The molecule has 3 rings (SSSR count). The maximum Gasteiger partial charge on any atom is 1.00 e. The first kappa shape index (κ1) is 57.3. The molecule has 0 saturated carbocycles. The molecule has 0 heterocycles. The van der Waals surface area contributed by atoms with E-state index in [1.165, 1.54) is 0 Å². The van der Waals surface area contributed by atoms with E-state index in [9.17, 15) is 53.3 Å². The molecule has 0 fully saturated rings. The Hall–Kier alpha value is 0.210. The van der Waals surface area contributed by atoms with Crippen molar-refractivity contribution in [3.8, 4) is 0 Å². The molecule has 0 unspecified atom stereocenters. The zero-order valence-electron chi connectivity index (χ0n) is 28.8. The van der Waals surface area contributed by atoms with Crippen LogP contribution in [0.25, 0.3) is 0 Å². The summed E-state index contributed by atoms with van der Waals surface area (Å²) in [6.07, 6.45) is 0. The van der Waals surface area contributed by atoms with E-state index < -0.39 is 108 Å². The Labute approximate surface area is 405 Å². The molecule has 3 aromatic carbocycles. The van der Waals surface area contributed by atoms with Crippen LogP contribution in [-0.4, -0.2) is 67.5 Å². The van der Waals surface area contributed by atoms with E-state index in [0.29, 0.717) is 12.1 Å². The van der Waals surface area contributed by atoms with Gasteiger partial charge in [0.1, 0.15) is 37.3 Å². The molecule has 55 heavy (non-hydrogen) atoms. The Balaban J connectivity index is 0. The van der Waals surface area contributed by atoms with Gasteiger partial charge in [0, 0.05) is 0 Å². The fourth-order valence-corrected chi connectivity index (χ4v) is 7.45. The molecule has 0 aliphatic heterocycles. The van der Waals surface area contributed by atoms with Crippen LogP contribution in [0.3, 0.4) is 0 Å². The summed E-state index contributed by atoms with van der Waals surface area (Å²) in [6.45, 7) is -1.13. The monoisotopic (exact) mass is 908 g/mol. The largest absolute Gasteiger partial charge is 1.00 e. The second kappa shape index (κ2) is 25.7. The molecule has 0 aliphatic carbocycles. The summed E-state index contributed by atoms with van der Waals surface area (Å²) < 4.78 is 130. The Kier molecular flexibility index (Phi) is 26.8. The van der Waals surface area contributed by atoms with Gasteiger partial charge >= 0.3 is 118 Å². The Morgan fingerprint density at radius 2 is 1.16 bits per heavy atom. The number of benzene rings is 3. The molecule has 3 aromatic rings. The van der Waals surface area contributed by atoms with Crippen molar-refractivity contribution in [2.24, 2.45) is 20.5 Å². The number of hydrogen-bond acceptors (Lipinski definition) is 25. The van der Waals surface area contributed by atoms with Crippen molar-refractivity contribution in [3.63, 3.8) is 0 Å². The van der Waals surface area contributed by atoms with Crippen molar-refractivity contribution in [1.29, 1.82) is 0 Å². The van der Waals surface area contributed by atoms with Gasteiger partial charge in [0.15, 0.2) is 32.0 Å². The van der Waals surface area contributed by atoms with Crippen molar-refractivity contribution in [1.82, 2.24) is 0 Å². The third kappa shape index (κ3) is 17.4. The molecule has 4 N–H and O–H groups in total. The minimum absolute atomic E-state index is 0. The average Bonchev–Trinajstić information content (AvgIpc) is 3.05. The second-order valence-electron chi connectivity index (χ2n) is 9.12. The van der Waals surface area contributed by atoms with Crippen LogP contribution in [0.1, 0.15) is 0 Å². The van der Waals surface area contributed by atoms with E-state index in [4.69, 9.17) is 11.5 Å². The van der Waals surface area contributed by atoms with E-state index >= 15 is 0 Å². The number of nitrogen functional groups attached to an aromatic ring is 2. The minimum Gasteiger partial charge on any atom is -0.744 e. The smallest absolute Gasteiger partial charge is 0.744 e. The van der Waals surface area contributed by atoms with Gasteiger partial charge in [0.2, 0.25) is 0 Å². The van der Waals surface area contributed by atoms with Crippen molar-refractivity contribution in [3.05, 3.63) is 48.5 Å². The first-order valence-corrected chi connectivity index (χ1v) is 19.6. The van der Waals surface area contributed by atoms with Crippen molar-refractivity contribution < 1.29 is 200 Å². The van der Waals surface area contributed by atoms with Crippen LogP contribution in [-0.2, 0) is 68.4 Å². The van der Waals surface area contributed by atoms with E-state index in [1.54, 1.807) is 0 Å². The molecule has 0 aliphatic rings. The van der Waals surface area contributed by atoms with Gasteiger partial charge in [-0.15, -0.1) is 19.7 Å². The van der Waals surface area contributed by atoms with Gasteiger partial charge in [-0.05, 0) is 48.5 Å². The number of rotatable bonds is 19. The topological polar surface area (TPSA) is 386 Å². The van der Waals surface area contributed by atoms with Crippen molar-refractivity contribution in [2.75, 3.05) is 36.2 Å². The Morgan fingerprint density at radius 1 is 0.618 bits per heavy atom. The molecule has 0 radical (unpaired) electrons. The fourth-order valence-electron chi connectivity index (χ4n) is 3.61. The summed E-state index contributed by atoms with van der Waals surface area (Å²) >= 11 is 0.0181. The van der Waals surface area contributed by atoms with Gasteiger partial charge in [-0.25, -0.2) is 38.6 Å². The number of anilines is 2. The Morgan fingerprint density at radius 3 is 1.73 bits per heavy atom. The van der Waals surface area contributed by atoms with Crippen LogP contribution in [0.4, 0.5) is 34.1 Å². The maximum absolute atomic E-state index is 12.6. The molecule has 0 bridgehead atoms. The third-order valence-electron chi connectivity index (χ3n) is 5.93. The summed E-state index contributed by atoms with van der Waals surface area (Å²) in [6, 6.07) is 7.19. The van der Waals surface area contributed by atoms with Crippen LogP contribution < -0.4 is 140 Å². The van der Waals surface area contributed by atoms with Gasteiger partial charge in [0.05, 0.1) is 61.4 Å². The molecular weight excluding hydrogens is 889 g/mol. The number of azo groups is 2. The average molecular weight is 909 g/mol. The van der Waals surface area contributed by atoms with Crippen LogP contribution in [0, 0.1) is 0 Å². The third-order valence-corrected chi connectivity index (χ3v) is 11.4. The summed E-state index contributed by atoms with van der Waals surface area (Å²) in [7, 11) is -19.0. The van der Waals surface area contributed by atoms with Gasteiger partial charge in [-0.1, -0.05) is 5.04 Å². The van der Waals surface area contributed by atoms with Crippen molar-refractivity contribution >= 4 is 86.4 Å². The van der Waals surface area contributed by atoms with Crippen LogP contribution in [0.5, 0.6) is 0 Å². The molecule has 0 saturated heterocycles. The normalized spacial score (nSPS) is 12.1. The molecule has 0 spiro atoms. The van der Waals surface area contributed by atoms with Gasteiger partial charge < -0.3 is 31.1 Å². The van der Waals surface area contributed by atoms with Gasteiger partial charge in [-0.2, -0.15) is 5.11 Å². The molecular formula is C22H20N6Na4O18S5.